The molecule has 1 saturated carbocycles. The van der Waals surface area contributed by atoms with E-state index in [4.69, 9.17) is 0 Å². The van der Waals surface area contributed by atoms with E-state index in [-0.39, 0.29) is 0 Å². The third kappa shape index (κ3) is 3.56. The van der Waals surface area contributed by atoms with E-state index >= 15 is 0 Å². The number of aryl methyl sites for hydroxylation is 2. The lowest BCUT2D eigenvalue weighted by atomic mass is 10.1. The van der Waals surface area contributed by atoms with Crippen molar-refractivity contribution in [3.05, 3.63) is 15.6 Å². The van der Waals surface area contributed by atoms with Gasteiger partial charge in [-0.2, -0.15) is 0 Å². The Morgan fingerprint density at radius 1 is 1.44 bits per heavy atom. The molecule has 1 aliphatic rings. The van der Waals surface area contributed by atoms with Gasteiger partial charge in [-0.15, -0.1) is 11.3 Å². The molecule has 1 fully saturated rings. The van der Waals surface area contributed by atoms with Crippen LogP contribution in [0.1, 0.15) is 41.8 Å². The molecule has 0 amide bonds. The minimum absolute atomic E-state index is 0.682. The maximum absolute atomic E-state index is 4.46. The Morgan fingerprint density at radius 3 is 2.75 bits per heavy atom. The number of thiazole rings is 1. The molecule has 0 spiro atoms. The Bertz CT molecular complexity index is 342. The van der Waals surface area contributed by atoms with Crippen molar-refractivity contribution in [3.63, 3.8) is 0 Å². The lowest BCUT2D eigenvalue weighted by Crippen LogP contribution is -2.28. The van der Waals surface area contributed by atoms with Gasteiger partial charge in [-0.3, -0.25) is 0 Å². The number of aromatic nitrogens is 1. The van der Waals surface area contributed by atoms with Crippen LogP contribution in [-0.2, 0) is 6.42 Å². The molecule has 1 heterocycles. The van der Waals surface area contributed by atoms with Crippen molar-refractivity contribution in [2.45, 2.75) is 52.5 Å². The summed E-state index contributed by atoms with van der Waals surface area (Å²) in [5, 5.41) is 4.81. The fraction of sp³-hybridized carbons (Fsp3) is 0.769. The van der Waals surface area contributed by atoms with Crippen LogP contribution in [-0.4, -0.2) is 17.6 Å². The number of hydrogen-bond acceptors (Lipinski definition) is 3. The van der Waals surface area contributed by atoms with Crippen molar-refractivity contribution in [3.8, 4) is 0 Å². The van der Waals surface area contributed by atoms with E-state index in [0.29, 0.717) is 6.04 Å². The van der Waals surface area contributed by atoms with Crippen LogP contribution < -0.4 is 5.32 Å². The first kappa shape index (κ1) is 12.1. The summed E-state index contributed by atoms with van der Waals surface area (Å²) in [5.41, 5.74) is 1.22. The summed E-state index contributed by atoms with van der Waals surface area (Å²) in [7, 11) is 0. The second-order valence-corrected chi connectivity index (χ2v) is 6.31. The highest BCUT2D eigenvalue weighted by Gasteiger charge is 2.23. The predicted molar refractivity (Wildman–Crippen MR) is 70.1 cm³/mol. The summed E-state index contributed by atoms with van der Waals surface area (Å²) in [6.07, 6.45) is 5.41. The summed E-state index contributed by atoms with van der Waals surface area (Å²) in [5.74, 6) is 1.02. The quantitative estimate of drug-likeness (QED) is 0.824. The van der Waals surface area contributed by atoms with Gasteiger partial charge in [-0.25, -0.2) is 4.98 Å². The standard InChI is InChI=1S/C13H22N2S/c1-9(8-12-4-5-12)14-7-6-13-10(2)15-11(3)16-13/h9,12,14H,4-8H2,1-3H3. The minimum Gasteiger partial charge on any atom is -0.314 e. The summed E-state index contributed by atoms with van der Waals surface area (Å²) in [4.78, 5) is 5.91. The SMILES string of the molecule is Cc1nc(C)c(CCNC(C)CC2CC2)s1. The molecule has 0 aromatic carbocycles. The van der Waals surface area contributed by atoms with Gasteiger partial charge in [0.25, 0.3) is 0 Å². The zero-order chi connectivity index (χ0) is 11.5. The van der Waals surface area contributed by atoms with Gasteiger partial charge >= 0.3 is 0 Å². The van der Waals surface area contributed by atoms with Gasteiger partial charge in [0.05, 0.1) is 10.7 Å². The van der Waals surface area contributed by atoms with Crippen molar-refractivity contribution in [2.24, 2.45) is 5.92 Å². The van der Waals surface area contributed by atoms with Crippen molar-refractivity contribution in [2.75, 3.05) is 6.54 Å². The monoisotopic (exact) mass is 238 g/mol. The van der Waals surface area contributed by atoms with Crippen LogP contribution in [0, 0.1) is 19.8 Å². The third-order valence-corrected chi connectivity index (χ3v) is 4.36. The molecule has 1 aliphatic carbocycles. The molecule has 3 heteroatoms. The van der Waals surface area contributed by atoms with E-state index in [1.165, 1.54) is 34.8 Å². The van der Waals surface area contributed by atoms with Crippen LogP contribution in [0.25, 0.3) is 0 Å². The smallest absolute Gasteiger partial charge is 0.0900 e. The molecule has 0 bridgehead atoms. The molecule has 1 N–H and O–H groups in total. The Balaban J connectivity index is 1.68. The number of rotatable bonds is 6. The van der Waals surface area contributed by atoms with Crippen LogP contribution in [0.3, 0.4) is 0 Å². The van der Waals surface area contributed by atoms with Crippen LogP contribution >= 0.6 is 11.3 Å². The van der Waals surface area contributed by atoms with Gasteiger partial charge < -0.3 is 5.32 Å². The highest BCUT2D eigenvalue weighted by atomic mass is 32.1. The summed E-state index contributed by atoms with van der Waals surface area (Å²) >= 11 is 1.84. The van der Waals surface area contributed by atoms with Crippen molar-refractivity contribution >= 4 is 11.3 Å². The van der Waals surface area contributed by atoms with Gasteiger partial charge in [0.2, 0.25) is 0 Å². The van der Waals surface area contributed by atoms with E-state index < -0.39 is 0 Å². The van der Waals surface area contributed by atoms with Crippen molar-refractivity contribution in [1.29, 1.82) is 0 Å². The Morgan fingerprint density at radius 2 is 2.19 bits per heavy atom. The van der Waals surface area contributed by atoms with Gasteiger partial charge in [0.15, 0.2) is 0 Å². The first-order chi connectivity index (χ1) is 7.65. The molecule has 0 saturated heterocycles. The van der Waals surface area contributed by atoms with Gasteiger partial charge in [-0.1, -0.05) is 12.8 Å². The lowest BCUT2D eigenvalue weighted by Gasteiger charge is -2.12. The van der Waals surface area contributed by atoms with Gasteiger partial charge in [-0.05, 0) is 39.5 Å². The summed E-state index contributed by atoms with van der Waals surface area (Å²) in [6.45, 7) is 7.61. The summed E-state index contributed by atoms with van der Waals surface area (Å²) in [6, 6.07) is 0.682. The lowest BCUT2D eigenvalue weighted by molar-refractivity contribution is 0.491. The fourth-order valence-corrected chi connectivity index (χ4v) is 3.11. The predicted octanol–water partition coefficient (Wildman–Crippen LogP) is 3.08. The second kappa shape index (κ2) is 5.28. The highest BCUT2D eigenvalue weighted by molar-refractivity contribution is 7.11. The zero-order valence-electron chi connectivity index (χ0n) is 10.5. The maximum Gasteiger partial charge on any atom is 0.0900 e. The molecule has 90 valence electrons. The van der Waals surface area contributed by atoms with Gasteiger partial charge in [0.1, 0.15) is 0 Å². The average molecular weight is 238 g/mol. The Kier molecular flexibility index (Phi) is 3.98. The average Bonchev–Trinajstić information content (AvgIpc) is 2.94. The van der Waals surface area contributed by atoms with E-state index in [0.717, 1.165) is 18.9 Å². The number of nitrogens with one attached hydrogen (secondary N) is 1. The molecule has 2 nitrogen and oxygen atoms in total. The van der Waals surface area contributed by atoms with E-state index in [1.807, 2.05) is 11.3 Å². The van der Waals surface area contributed by atoms with Crippen molar-refractivity contribution in [1.82, 2.24) is 10.3 Å². The summed E-state index contributed by atoms with van der Waals surface area (Å²) < 4.78 is 0. The number of nitrogens with zero attached hydrogens (tertiary/aromatic N) is 1. The Labute approximate surface area is 102 Å². The highest BCUT2D eigenvalue weighted by Crippen LogP contribution is 2.33. The maximum atomic E-state index is 4.46. The van der Waals surface area contributed by atoms with E-state index in [9.17, 15) is 0 Å². The van der Waals surface area contributed by atoms with Crippen LogP contribution in [0.5, 0.6) is 0 Å². The first-order valence-electron chi connectivity index (χ1n) is 6.31. The normalized spacial score (nSPS) is 17.7. The first-order valence-corrected chi connectivity index (χ1v) is 7.13. The van der Waals surface area contributed by atoms with E-state index in [2.05, 4.69) is 31.1 Å². The molecular formula is C13H22N2S. The zero-order valence-corrected chi connectivity index (χ0v) is 11.4. The second-order valence-electron chi connectivity index (χ2n) is 5.03. The molecule has 1 aromatic rings. The molecular weight excluding hydrogens is 216 g/mol. The van der Waals surface area contributed by atoms with Crippen LogP contribution in [0.2, 0.25) is 0 Å². The fourth-order valence-electron chi connectivity index (χ4n) is 2.17. The molecule has 0 aliphatic heterocycles. The van der Waals surface area contributed by atoms with Gasteiger partial charge in [0, 0.05) is 17.5 Å². The minimum atomic E-state index is 0.682. The number of hydrogen-bond donors (Lipinski definition) is 1. The molecule has 0 radical (unpaired) electrons. The molecule has 1 aromatic heterocycles. The van der Waals surface area contributed by atoms with Crippen molar-refractivity contribution < 1.29 is 0 Å². The van der Waals surface area contributed by atoms with Crippen LogP contribution in [0.4, 0.5) is 0 Å². The molecule has 16 heavy (non-hydrogen) atoms. The molecule has 1 atom stereocenters. The topological polar surface area (TPSA) is 24.9 Å². The third-order valence-electron chi connectivity index (χ3n) is 3.23. The largest absolute Gasteiger partial charge is 0.314 e. The molecule has 1 unspecified atom stereocenters. The Hall–Kier alpha value is -0.410. The van der Waals surface area contributed by atoms with Crippen LogP contribution in [0.15, 0.2) is 0 Å². The molecule has 2 rings (SSSR count). The van der Waals surface area contributed by atoms with E-state index in [1.54, 1.807) is 0 Å².